The molecule has 0 aliphatic heterocycles. The van der Waals surface area contributed by atoms with E-state index in [2.05, 4.69) is 27.2 Å². The summed E-state index contributed by atoms with van der Waals surface area (Å²) in [6.45, 7) is 6.00. The van der Waals surface area contributed by atoms with Crippen LogP contribution < -0.4 is 16.4 Å². The van der Waals surface area contributed by atoms with Crippen LogP contribution in [0.1, 0.15) is 41.9 Å². The quantitative estimate of drug-likeness (QED) is 0.496. The molecule has 0 fully saturated rings. The number of carbonyl (C=O) groups is 2. The molecule has 1 aromatic rings. The number of rotatable bonds is 9. The highest BCUT2D eigenvalue weighted by Gasteiger charge is 2.13. The van der Waals surface area contributed by atoms with Gasteiger partial charge in [-0.15, -0.1) is 0 Å². The van der Waals surface area contributed by atoms with Gasteiger partial charge in [0.1, 0.15) is 0 Å². The standard InChI is InChI=1S/C14H21N5O3/c1-9-8-17-13(15)12(18-9)14(22)19-10(2)16-7-5-3-4-6-11(20)21/h8,16H,2-7H2,1H3,(H2,15,17)(H,19,22)(H,20,21). The van der Waals surface area contributed by atoms with E-state index >= 15 is 0 Å². The Kier molecular flexibility index (Phi) is 6.81. The summed E-state index contributed by atoms with van der Waals surface area (Å²) >= 11 is 0. The molecular weight excluding hydrogens is 286 g/mol. The van der Waals surface area contributed by atoms with E-state index in [0.717, 1.165) is 12.8 Å². The van der Waals surface area contributed by atoms with Gasteiger partial charge in [-0.25, -0.2) is 9.97 Å². The van der Waals surface area contributed by atoms with Crippen LogP contribution in [0.4, 0.5) is 5.82 Å². The molecule has 0 unspecified atom stereocenters. The normalized spacial score (nSPS) is 10.0. The maximum atomic E-state index is 12.0. The molecule has 8 nitrogen and oxygen atoms in total. The number of hydrogen-bond acceptors (Lipinski definition) is 6. The number of hydrogen-bond donors (Lipinski definition) is 4. The molecule has 0 spiro atoms. The Morgan fingerprint density at radius 2 is 2.09 bits per heavy atom. The Balaban J connectivity index is 2.31. The molecule has 22 heavy (non-hydrogen) atoms. The van der Waals surface area contributed by atoms with Crippen LogP contribution in [0.2, 0.25) is 0 Å². The largest absolute Gasteiger partial charge is 0.481 e. The molecule has 0 saturated carbocycles. The van der Waals surface area contributed by atoms with Gasteiger partial charge in [-0.1, -0.05) is 13.0 Å². The lowest BCUT2D eigenvalue weighted by Crippen LogP contribution is -2.32. The number of aryl methyl sites for hydroxylation is 1. The van der Waals surface area contributed by atoms with Crippen molar-refractivity contribution in [3.05, 3.63) is 30.0 Å². The molecule has 8 heteroatoms. The number of aliphatic carboxylic acids is 1. The first kappa shape index (κ1) is 17.4. The summed E-state index contributed by atoms with van der Waals surface area (Å²) < 4.78 is 0. The fourth-order valence-electron chi connectivity index (χ4n) is 1.71. The molecule has 1 aromatic heterocycles. The van der Waals surface area contributed by atoms with Gasteiger partial charge >= 0.3 is 5.97 Å². The summed E-state index contributed by atoms with van der Waals surface area (Å²) in [6, 6.07) is 0. The second kappa shape index (κ2) is 8.60. The van der Waals surface area contributed by atoms with Gasteiger partial charge in [0, 0.05) is 13.0 Å². The summed E-state index contributed by atoms with van der Waals surface area (Å²) in [5.74, 6) is -0.867. The zero-order valence-electron chi connectivity index (χ0n) is 12.6. The number of carboxylic acid groups (broad SMARTS) is 1. The van der Waals surface area contributed by atoms with Gasteiger partial charge in [0.15, 0.2) is 11.5 Å². The molecule has 0 aliphatic carbocycles. The molecule has 5 N–H and O–H groups in total. The minimum Gasteiger partial charge on any atom is -0.481 e. The van der Waals surface area contributed by atoms with Crippen LogP contribution in [0.25, 0.3) is 0 Å². The minimum absolute atomic E-state index is 0.0596. The predicted molar refractivity (Wildman–Crippen MR) is 81.9 cm³/mol. The van der Waals surface area contributed by atoms with Gasteiger partial charge in [-0.3, -0.25) is 9.59 Å². The van der Waals surface area contributed by atoms with Gasteiger partial charge in [-0.2, -0.15) is 0 Å². The lowest BCUT2D eigenvalue weighted by atomic mass is 10.2. The Morgan fingerprint density at radius 3 is 2.77 bits per heavy atom. The monoisotopic (exact) mass is 307 g/mol. The van der Waals surface area contributed by atoms with E-state index in [1.54, 1.807) is 6.92 Å². The molecule has 0 aromatic carbocycles. The number of aromatic nitrogens is 2. The molecule has 120 valence electrons. The highest BCUT2D eigenvalue weighted by Crippen LogP contribution is 2.05. The van der Waals surface area contributed by atoms with E-state index in [1.807, 2.05) is 0 Å². The third-order valence-corrected chi connectivity index (χ3v) is 2.81. The molecule has 0 saturated heterocycles. The highest BCUT2D eigenvalue weighted by molar-refractivity contribution is 5.97. The van der Waals surface area contributed by atoms with Crippen LogP contribution in [0, 0.1) is 6.92 Å². The van der Waals surface area contributed by atoms with Gasteiger partial charge in [0.25, 0.3) is 5.91 Å². The van der Waals surface area contributed by atoms with Crippen LogP contribution in [-0.2, 0) is 4.79 Å². The van der Waals surface area contributed by atoms with Gasteiger partial charge < -0.3 is 21.5 Å². The second-order valence-electron chi connectivity index (χ2n) is 4.81. The zero-order valence-corrected chi connectivity index (χ0v) is 12.6. The van der Waals surface area contributed by atoms with Crippen LogP contribution in [0.3, 0.4) is 0 Å². The molecule has 0 radical (unpaired) electrons. The number of carboxylic acids is 1. The van der Waals surface area contributed by atoms with Crippen molar-refractivity contribution in [2.24, 2.45) is 0 Å². The maximum Gasteiger partial charge on any atom is 0.303 e. The van der Waals surface area contributed by atoms with Crippen LogP contribution in [0.15, 0.2) is 18.6 Å². The minimum atomic E-state index is -0.790. The van der Waals surface area contributed by atoms with E-state index in [1.165, 1.54) is 6.20 Å². The molecular formula is C14H21N5O3. The van der Waals surface area contributed by atoms with E-state index in [0.29, 0.717) is 24.5 Å². The number of unbranched alkanes of at least 4 members (excludes halogenated alkanes) is 2. The van der Waals surface area contributed by atoms with Gasteiger partial charge in [-0.05, 0) is 19.8 Å². The van der Waals surface area contributed by atoms with E-state index < -0.39 is 11.9 Å². The van der Waals surface area contributed by atoms with Crippen molar-refractivity contribution in [3.63, 3.8) is 0 Å². The summed E-state index contributed by atoms with van der Waals surface area (Å²) in [5.41, 5.74) is 6.27. The Bertz CT molecular complexity index is 559. The van der Waals surface area contributed by atoms with Crippen molar-refractivity contribution >= 4 is 17.7 Å². The smallest absolute Gasteiger partial charge is 0.303 e. The first-order valence-corrected chi connectivity index (χ1v) is 6.95. The van der Waals surface area contributed by atoms with Crippen LogP contribution in [-0.4, -0.2) is 33.5 Å². The number of nitrogens with zero attached hydrogens (tertiary/aromatic N) is 2. The van der Waals surface area contributed by atoms with E-state index in [9.17, 15) is 9.59 Å². The SMILES string of the molecule is C=C(NCCCCCC(=O)O)NC(=O)c1nc(C)cnc1N. The van der Waals surface area contributed by atoms with Crippen molar-refractivity contribution in [3.8, 4) is 0 Å². The Morgan fingerprint density at radius 1 is 1.36 bits per heavy atom. The average molecular weight is 307 g/mol. The molecule has 1 rings (SSSR count). The number of amides is 1. The number of carbonyl (C=O) groups excluding carboxylic acids is 1. The fraction of sp³-hybridized carbons (Fsp3) is 0.429. The zero-order chi connectivity index (χ0) is 16.5. The van der Waals surface area contributed by atoms with Gasteiger partial charge in [0.05, 0.1) is 17.7 Å². The molecule has 1 amide bonds. The topological polar surface area (TPSA) is 130 Å². The molecule has 0 atom stereocenters. The van der Waals surface area contributed by atoms with Crippen molar-refractivity contribution < 1.29 is 14.7 Å². The van der Waals surface area contributed by atoms with Crippen molar-refractivity contribution in [2.45, 2.75) is 32.6 Å². The van der Waals surface area contributed by atoms with Crippen molar-refractivity contribution in [1.82, 2.24) is 20.6 Å². The average Bonchev–Trinajstić information content (AvgIpc) is 2.44. The van der Waals surface area contributed by atoms with Crippen LogP contribution in [0.5, 0.6) is 0 Å². The molecule has 0 bridgehead atoms. The summed E-state index contributed by atoms with van der Waals surface area (Å²) in [4.78, 5) is 30.2. The first-order chi connectivity index (χ1) is 10.4. The molecule has 0 aliphatic rings. The summed E-state index contributed by atoms with van der Waals surface area (Å²) in [5, 5.41) is 14.0. The number of nitrogens with two attached hydrogens (primary N) is 1. The Hall–Kier alpha value is -2.64. The lowest BCUT2D eigenvalue weighted by molar-refractivity contribution is -0.137. The van der Waals surface area contributed by atoms with E-state index in [-0.39, 0.29) is 17.9 Å². The summed E-state index contributed by atoms with van der Waals surface area (Å²) in [7, 11) is 0. The predicted octanol–water partition coefficient (Wildman–Crippen LogP) is 0.803. The van der Waals surface area contributed by atoms with Crippen molar-refractivity contribution in [1.29, 1.82) is 0 Å². The van der Waals surface area contributed by atoms with Crippen LogP contribution >= 0.6 is 0 Å². The van der Waals surface area contributed by atoms with Crippen molar-refractivity contribution in [2.75, 3.05) is 12.3 Å². The third kappa shape index (κ3) is 6.21. The fourth-order valence-corrected chi connectivity index (χ4v) is 1.71. The maximum absolute atomic E-state index is 12.0. The Labute approximate surface area is 128 Å². The first-order valence-electron chi connectivity index (χ1n) is 6.95. The summed E-state index contributed by atoms with van der Waals surface area (Å²) in [6.07, 6.45) is 3.86. The van der Waals surface area contributed by atoms with Gasteiger partial charge in [0.2, 0.25) is 0 Å². The number of anilines is 1. The lowest BCUT2D eigenvalue weighted by Gasteiger charge is -2.11. The number of nitrogens with one attached hydrogen (secondary N) is 2. The highest BCUT2D eigenvalue weighted by atomic mass is 16.4. The second-order valence-corrected chi connectivity index (χ2v) is 4.81. The third-order valence-electron chi connectivity index (χ3n) is 2.81. The van der Waals surface area contributed by atoms with E-state index in [4.69, 9.17) is 10.8 Å². The molecule has 1 heterocycles. The number of nitrogen functional groups attached to an aromatic ring is 1.